The van der Waals surface area contributed by atoms with Crippen LogP contribution in [0.2, 0.25) is 0 Å². The predicted octanol–water partition coefficient (Wildman–Crippen LogP) is 0.696. The Labute approximate surface area is 65.7 Å². The Balaban J connectivity index is 3.70. The quantitative estimate of drug-likeness (QED) is 0.556. The Morgan fingerprint density at radius 2 is 2.09 bits per heavy atom. The van der Waals surface area contributed by atoms with Gasteiger partial charge in [-0.05, 0) is 12.3 Å². The summed E-state index contributed by atoms with van der Waals surface area (Å²) < 4.78 is 10.2. The van der Waals surface area contributed by atoms with E-state index in [1.807, 2.05) is 0 Å². The second-order valence-electron chi connectivity index (χ2n) is 2.50. The molecule has 1 atom stereocenters. The van der Waals surface area contributed by atoms with E-state index in [1.165, 1.54) is 6.08 Å². The minimum atomic E-state index is -3.99. The van der Waals surface area contributed by atoms with Crippen LogP contribution < -0.4 is 0 Å². The minimum Gasteiger partial charge on any atom is -0.396 e. The molecule has 0 aliphatic heterocycles. The molecule has 0 rings (SSSR count). The first-order valence-corrected chi connectivity index (χ1v) is 4.97. The van der Waals surface area contributed by atoms with E-state index in [2.05, 4.69) is 0 Å². The van der Waals surface area contributed by atoms with Gasteiger partial charge in [0.1, 0.15) is 0 Å². The molecule has 0 saturated carbocycles. The first-order valence-electron chi connectivity index (χ1n) is 3.29. The zero-order chi connectivity index (χ0) is 8.91. The van der Waals surface area contributed by atoms with Gasteiger partial charge < -0.3 is 14.9 Å². The minimum absolute atomic E-state index is 0.0332. The standard InChI is InChI=1S/C6H13O4P/c1-6(5-7)3-2-4-11(8,9)10/h2,4,6-7H,3,5H2,1H3,(H2,8,9,10). The van der Waals surface area contributed by atoms with Crippen molar-refractivity contribution in [2.75, 3.05) is 6.61 Å². The molecule has 0 bridgehead atoms. The van der Waals surface area contributed by atoms with Gasteiger partial charge in [0.15, 0.2) is 0 Å². The van der Waals surface area contributed by atoms with Crippen molar-refractivity contribution >= 4 is 7.60 Å². The maximum absolute atomic E-state index is 10.2. The fourth-order valence-electron chi connectivity index (χ4n) is 0.505. The molecule has 11 heavy (non-hydrogen) atoms. The maximum Gasteiger partial charge on any atom is 0.348 e. The third kappa shape index (κ3) is 7.75. The molecular weight excluding hydrogens is 167 g/mol. The molecule has 0 spiro atoms. The Hall–Kier alpha value is -0.150. The van der Waals surface area contributed by atoms with Gasteiger partial charge in [-0.1, -0.05) is 13.0 Å². The Bertz CT molecular complexity index is 171. The summed E-state index contributed by atoms with van der Waals surface area (Å²) in [5, 5.41) is 8.54. The highest BCUT2D eigenvalue weighted by Crippen LogP contribution is 2.36. The van der Waals surface area contributed by atoms with Crippen LogP contribution in [0.25, 0.3) is 0 Å². The molecular formula is C6H13O4P. The number of aliphatic hydroxyl groups excluding tert-OH is 1. The molecule has 4 nitrogen and oxygen atoms in total. The molecule has 0 aromatic heterocycles. The number of hydrogen-bond donors (Lipinski definition) is 3. The second-order valence-corrected chi connectivity index (χ2v) is 3.97. The number of hydrogen-bond acceptors (Lipinski definition) is 2. The molecule has 0 aliphatic carbocycles. The summed E-state index contributed by atoms with van der Waals surface area (Å²) in [6.07, 6.45) is 1.88. The molecule has 0 heterocycles. The topological polar surface area (TPSA) is 77.8 Å². The first-order chi connectivity index (χ1) is 4.95. The van der Waals surface area contributed by atoms with Crippen LogP contribution in [-0.4, -0.2) is 21.5 Å². The monoisotopic (exact) mass is 180 g/mol. The van der Waals surface area contributed by atoms with Gasteiger partial charge in [0.25, 0.3) is 0 Å². The number of rotatable bonds is 4. The van der Waals surface area contributed by atoms with Gasteiger partial charge in [0.05, 0.1) is 0 Å². The summed E-state index contributed by atoms with van der Waals surface area (Å²) in [6.45, 7) is 1.83. The zero-order valence-corrected chi connectivity index (χ0v) is 7.24. The molecule has 0 aromatic rings. The second kappa shape index (κ2) is 4.67. The van der Waals surface area contributed by atoms with E-state index in [9.17, 15) is 4.57 Å². The molecule has 5 heteroatoms. The number of allylic oxidation sites excluding steroid dienone is 1. The van der Waals surface area contributed by atoms with Crippen molar-refractivity contribution in [1.82, 2.24) is 0 Å². The van der Waals surface area contributed by atoms with Crippen LogP contribution in [-0.2, 0) is 4.57 Å². The van der Waals surface area contributed by atoms with Crippen molar-refractivity contribution in [2.45, 2.75) is 13.3 Å². The van der Waals surface area contributed by atoms with Gasteiger partial charge in [-0.3, -0.25) is 4.57 Å². The van der Waals surface area contributed by atoms with Crippen molar-refractivity contribution < 1.29 is 19.5 Å². The van der Waals surface area contributed by atoms with Crippen molar-refractivity contribution in [3.63, 3.8) is 0 Å². The summed E-state index contributed by atoms with van der Waals surface area (Å²) in [7, 11) is -3.99. The van der Waals surface area contributed by atoms with Crippen LogP contribution >= 0.6 is 7.60 Å². The lowest BCUT2D eigenvalue weighted by molar-refractivity contribution is 0.239. The van der Waals surface area contributed by atoms with E-state index in [-0.39, 0.29) is 12.5 Å². The van der Waals surface area contributed by atoms with Crippen LogP contribution in [0.15, 0.2) is 11.9 Å². The normalized spacial score (nSPS) is 15.6. The van der Waals surface area contributed by atoms with E-state index in [0.717, 1.165) is 5.82 Å². The van der Waals surface area contributed by atoms with Gasteiger partial charge >= 0.3 is 7.60 Å². The molecule has 3 N–H and O–H groups in total. The van der Waals surface area contributed by atoms with E-state index >= 15 is 0 Å². The molecule has 0 fully saturated rings. The lowest BCUT2D eigenvalue weighted by Crippen LogP contribution is -1.97. The molecule has 1 unspecified atom stereocenters. The van der Waals surface area contributed by atoms with Gasteiger partial charge in [0.2, 0.25) is 0 Å². The molecule has 0 aromatic carbocycles. The van der Waals surface area contributed by atoms with Crippen LogP contribution in [0, 0.1) is 5.92 Å². The molecule has 0 radical (unpaired) electrons. The highest BCUT2D eigenvalue weighted by Gasteiger charge is 2.05. The highest BCUT2D eigenvalue weighted by atomic mass is 31.2. The average Bonchev–Trinajstić information content (AvgIpc) is 1.85. The van der Waals surface area contributed by atoms with Crippen molar-refractivity contribution in [3.05, 3.63) is 11.9 Å². The van der Waals surface area contributed by atoms with E-state index in [1.54, 1.807) is 6.92 Å². The van der Waals surface area contributed by atoms with Crippen molar-refractivity contribution in [2.24, 2.45) is 5.92 Å². The van der Waals surface area contributed by atoms with Crippen LogP contribution in [0.3, 0.4) is 0 Å². The van der Waals surface area contributed by atoms with Gasteiger partial charge in [-0.2, -0.15) is 0 Å². The Morgan fingerprint density at radius 3 is 2.45 bits per heavy atom. The number of aliphatic hydroxyl groups is 1. The van der Waals surface area contributed by atoms with Crippen molar-refractivity contribution in [1.29, 1.82) is 0 Å². The largest absolute Gasteiger partial charge is 0.396 e. The summed E-state index contributed by atoms with van der Waals surface area (Å²) >= 11 is 0. The van der Waals surface area contributed by atoms with Gasteiger partial charge in [-0.25, -0.2) is 0 Å². The Morgan fingerprint density at radius 1 is 1.55 bits per heavy atom. The van der Waals surface area contributed by atoms with Crippen molar-refractivity contribution in [3.8, 4) is 0 Å². The van der Waals surface area contributed by atoms with Gasteiger partial charge in [0, 0.05) is 12.4 Å². The SMILES string of the molecule is CC(CO)CC=CP(=O)(O)O. The maximum atomic E-state index is 10.2. The third-order valence-electron chi connectivity index (χ3n) is 1.15. The first kappa shape index (κ1) is 10.8. The summed E-state index contributed by atoms with van der Waals surface area (Å²) in [5.41, 5.74) is 0. The van der Waals surface area contributed by atoms with Crippen LogP contribution in [0.4, 0.5) is 0 Å². The average molecular weight is 180 g/mol. The van der Waals surface area contributed by atoms with E-state index in [0.29, 0.717) is 6.42 Å². The fraction of sp³-hybridized carbons (Fsp3) is 0.667. The Kier molecular flexibility index (Phi) is 4.61. The molecule has 0 amide bonds. The summed E-state index contributed by atoms with van der Waals surface area (Å²) in [5.74, 6) is 0.914. The zero-order valence-electron chi connectivity index (χ0n) is 6.34. The predicted molar refractivity (Wildman–Crippen MR) is 42.1 cm³/mol. The molecule has 0 saturated heterocycles. The van der Waals surface area contributed by atoms with Crippen LogP contribution in [0.5, 0.6) is 0 Å². The lowest BCUT2D eigenvalue weighted by atomic mass is 10.1. The smallest absolute Gasteiger partial charge is 0.348 e. The van der Waals surface area contributed by atoms with Gasteiger partial charge in [-0.15, -0.1) is 0 Å². The third-order valence-corrected chi connectivity index (χ3v) is 1.75. The lowest BCUT2D eigenvalue weighted by Gasteiger charge is -2.01. The van der Waals surface area contributed by atoms with Crippen LogP contribution in [0.1, 0.15) is 13.3 Å². The van der Waals surface area contributed by atoms with E-state index < -0.39 is 7.60 Å². The van der Waals surface area contributed by atoms with E-state index in [4.69, 9.17) is 14.9 Å². The molecule has 0 aliphatic rings. The molecule has 66 valence electrons. The highest BCUT2D eigenvalue weighted by molar-refractivity contribution is 7.55. The fourth-order valence-corrected chi connectivity index (χ4v) is 0.901. The summed E-state index contributed by atoms with van der Waals surface area (Å²) in [4.78, 5) is 16.7. The summed E-state index contributed by atoms with van der Waals surface area (Å²) in [6, 6.07) is 0.